The summed E-state index contributed by atoms with van der Waals surface area (Å²) in [6.45, 7) is 2.10. The molecule has 3 atom stereocenters. The Hall–Kier alpha value is -1.99. The van der Waals surface area contributed by atoms with E-state index in [2.05, 4.69) is 5.32 Å². The third-order valence-electron chi connectivity index (χ3n) is 5.64. The van der Waals surface area contributed by atoms with Gasteiger partial charge in [-0.2, -0.15) is 0 Å². The zero-order chi connectivity index (χ0) is 18.1. The molecule has 0 aliphatic carbocycles. The number of fused-ring (bicyclic) bond motifs is 1. The maximum absolute atomic E-state index is 13.3. The summed E-state index contributed by atoms with van der Waals surface area (Å²) in [6.07, 6.45) is 1.17. The van der Waals surface area contributed by atoms with Crippen molar-refractivity contribution < 1.29 is 23.5 Å². The molecular weight excluding hydrogens is 339 g/mol. The van der Waals surface area contributed by atoms with E-state index >= 15 is 0 Å². The number of ether oxygens (including phenoxy) is 2. The fourth-order valence-corrected chi connectivity index (χ4v) is 4.23. The van der Waals surface area contributed by atoms with E-state index in [4.69, 9.17) is 9.47 Å². The quantitative estimate of drug-likeness (QED) is 0.854. The first-order chi connectivity index (χ1) is 12.6. The normalized spacial score (nSPS) is 29.8. The molecule has 3 saturated heterocycles. The van der Waals surface area contributed by atoms with E-state index in [1.54, 1.807) is 12.1 Å². The van der Waals surface area contributed by atoms with Gasteiger partial charge in [-0.25, -0.2) is 4.39 Å². The van der Waals surface area contributed by atoms with Gasteiger partial charge < -0.3 is 19.7 Å². The molecule has 4 rings (SSSR count). The van der Waals surface area contributed by atoms with Gasteiger partial charge in [0.05, 0.1) is 12.1 Å². The predicted molar refractivity (Wildman–Crippen MR) is 90.9 cm³/mol. The molecule has 0 aromatic heterocycles. The molecule has 0 saturated carbocycles. The van der Waals surface area contributed by atoms with Gasteiger partial charge in [0.15, 0.2) is 0 Å². The van der Waals surface area contributed by atoms with E-state index in [0.717, 1.165) is 18.4 Å². The number of benzene rings is 1. The third-order valence-corrected chi connectivity index (χ3v) is 5.64. The molecular formula is C19H23FN2O4. The smallest absolute Gasteiger partial charge is 0.246 e. The van der Waals surface area contributed by atoms with Crippen LogP contribution < -0.4 is 5.32 Å². The van der Waals surface area contributed by atoms with E-state index < -0.39 is 0 Å². The minimum Gasteiger partial charge on any atom is -0.381 e. The number of rotatable bonds is 2. The van der Waals surface area contributed by atoms with Gasteiger partial charge in [-0.15, -0.1) is 0 Å². The Labute approximate surface area is 151 Å². The van der Waals surface area contributed by atoms with E-state index in [1.165, 1.54) is 12.1 Å². The first-order valence-corrected chi connectivity index (χ1v) is 9.15. The summed E-state index contributed by atoms with van der Waals surface area (Å²) in [5.41, 5.74) is 0.929. The molecule has 2 amide bonds. The van der Waals surface area contributed by atoms with Crippen LogP contribution in [0.2, 0.25) is 0 Å². The van der Waals surface area contributed by atoms with Crippen LogP contribution >= 0.6 is 0 Å². The Bertz CT molecular complexity index is 675. The number of hydrogen-bond acceptors (Lipinski definition) is 4. The standard InChI is InChI=1S/C19H23FN2O4/c20-14-3-1-12(2-4-14)15-10-22(19(24)13-5-7-25-8-6-13)16-9-21-17(23)11-26-18(15)16/h1-4,13,15-16,18H,5-11H2,(H,21,23)/t15-,16-,18-/m1/s1. The fraction of sp³-hybridized carbons (Fsp3) is 0.579. The third kappa shape index (κ3) is 3.33. The largest absolute Gasteiger partial charge is 0.381 e. The van der Waals surface area contributed by atoms with E-state index in [1.807, 2.05) is 4.90 Å². The number of nitrogens with zero attached hydrogens (tertiary/aromatic N) is 1. The molecule has 1 N–H and O–H groups in total. The highest BCUT2D eigenvalue weighted by atomic mass is 19.1. The molecule has 0 bridgehead atoms. The first kappa shape index (κ1) is 17.4. The lowest BCUT2D eigenvalue weighted by molar-refractivity contribution is -0.140. The first-order valence-electron chi connectivity index (χ1n) is 9.15. The number of halogens is 1. The maximum atomic E-state index is 13.3. The van der Waals surface area contributed by atoms with Crippen LogP contribution in [-0.4, -0.2) is 61.8 Å². The molecule has 140 valence electrons. The molecule has 0 unspecified atom stereocenters. The van der Waals surface area contributed by atoms with Crippen LogP contribution in [0.15, 0.2) is 24.3 Å². The molecule has 0 spiro atoms. The minimum atomic E-state index is -0.294. The second-order valence-corrected chi connectivity index (χ2v) is 7.18. The molecule has 0 radical (unpaired) electrons. The zero-order valence-corrected chi connectivity index (χ0v) is 14.5. The van der Waals surface area contributed by atoms with Crippen molar-refractivity contribution in [1.82, 2.24) is 10.2 Å². The van der Waals surface area contributed by atoms with Crippen molar-refractivity contribution >= 4 is 11.8 Å². The van der Waals surface area contributed by atoms with E-state index in [0.29, 0.717) is 26.3 Å². The Kier molecular flexibility index (Phi) is 4.91. The van der Waals surface area contributed by atoms with Crippen LogP contribution in [0.5, 0.6) is 0 Å². The number of carbonyl (C=O) groups is 2. The molecule has 26 heavy (non-hydrogen) atoms. The van der Waals surface area contributed by atoms with Gasteiger partial charge >= 0.3 is 0 Å². The molecule has 3 aliphatic heterocycles. The van der Waals surface area contributed by atoms with Crippen LogP contribution in [-0.2, 0) is 19.1 Å². The Morgan fingerprint density at radius 3 is 2.65 bits per heavy atom. The summed E-state index contributed by atoms with van der Waals surface area (Å²) in [4.78, 5) is 26.8. The number of hydrogen-bond donors (Lipinski definition) is 1. The van der Waals surface area contributed by atoms with Crippen molar-refractivity contribution in [2.75, 3.05) is 32.9 Å². The lowest BCUT2D eigenvalue weighted by Gasteiger charge is -2.31. The Morgan fingerprint density at radius 2 is 1.92 bits per heavy atom. The predicted octanol–water partition coefficient (Wildman–Crippen LogP) is 1.06. The topological polar surface area (TPSA) is 67.9 Å². The molecule has 3 fully saturated rings. The highest BCUT2D eigenvalue weighted by Gasteiger charge is 2.47. The summed E-state index contributed by atoms with van der Waals surface area (Å²) in [5.74, 6) is -0.479. The summed E-state index contributed by atoms with van der Waals surface area (Å²) in [5, 5.41) is 2.84. The summed E-state index contributed by atoms with van der Waals surface area (Å²) < 4.78 is 24.6. The number of carbonyl (C=O) groups excluding carboxylic acids is 2. The van der Waals surface area contributed by atoms with Gasteiger partial charge in [-0.1, -0.05) is 12.1 Å². The number of nitrogens with one attached hydrogen (secondary N) is 1. The van der Waals surface area contributed by atoms with Crippen LogP contribution in [0, 0.1) is 11.7 Å². The number of amides is 2. The average molecular weight is 362 g/mol. The molecule has 1 aromatic carbocycles. The van der Waals surface area contributed by atoms with Crippen LogP contribution in [0.3, 0.4) is 0 Å². The Morgan fingerprint density at radius 1 is 1.19 bits per heavy atom. The van der Waals surface area contributed by atoms with Crippen LogP contribution in [0.4, 0.5) is 4.39 Å². The van der Waals surface area contributed by atoms with E-state index in [9.17, 15) is 14.0 Å². The molecule has 3 aliphatic rings. The fourth-order valence-electron chi connectivity index (χ4n) is 4.23. The van der Waals surface area contributed by atoms with Crippen molar-refractivity contribution in [2.24, 2.45) is 5.92 Å². The molecule has 6 nitrogen and oxygen atoms in total. The van der Waals surface area contributed by atoms with Crippen LogP contribution in [0.1, 0.15) is 24.3 Å². The SMILES string of the molecule is O=C1CO[C@@H]2[C@@H](c3ccc(F)cc3)CN(C(=O)C3CCOCC3)[C@@H]2CN1. The summed E-state index contributed by atoms with van der Waals surface area (Å²) in [6, 6.07) is 6.12. The average Bonchev–Trinajstić information content (AvgIpc) is 2.92. The van der Waals surface area contributed by atoms with Gasteiger partial charge in [0, 0.05) is 38.1 Å². The highest BCUT2D eigenvalue weighted by molar-refractivity contribution is 5.81. The van der Waals surface area contributed by atoms with Crippen LogP contribution in [0.25, 0.3) is 0 Å². The lowest BCUT2D eigenvalue weighted by atomic mass is 9.93. The van der Waals surface area contributed by atoms with Crippen molar-refractivity contribution in [2.45, 2.75) is 30.9 Å². The highest BCUT2D eigenvalue weighted by Crippen LogP contribution is 2.36. The van der Waals surface area contributed by atoms with Gasteiger partial charge in [-0.3, -0.25) is 9.59 Å². The van der Waals surface area contributed by atoms with Crippen molar-refractivity contribution in [1.29, 1.82) is 0 Å². The Balaban J connectivity index is 1.60. The second kappa shape index (κ2) is 7.32. The molecule has 7 heteroatoms. The van der Waals surface area contributed by atoms with Gasteiger partial charge in [-0.05, 0) is 30.5 Å². The van der Waals surface area contributed by atoms with Gasteiger partial charge in [0.2, 0.25) is 11.8 Å². The molecule has 1 aromatic rings. The minimum absolute atomic E-state index is 0.0157. The monoisotopic (exact) mass is 362 g/mol. The summed E-state index contributed by atoms with van der Waals surface area (Å²) >= 11 is 0. The summed E-state index contributed by atoms with van der Waals surface area (Å²) in [7, 11) is 0. The molecule has 3 heterocycles. The maximum Gasteiger partial charge on any atom is 0.246 e. The van der Waals surface area contributed by atoms with Crippen molar-refractivity contribution in [3.8, 4) is 0 Å². The lowest BCUT2D eigenvalue weighted by Crippen LogP contribution is -2.48. The second-order valence-electron chi connectivity index (χ2n) is 7.18. The van der Waals surface area contributed by atoms with E-state index in [-0.39, 0.29) is 48.2 Å². The van der Waals surface area contributed by atoms with Crippen molar-refractivity contribution in [3.05, 3.63) is 35.6 Å². The zero-order valence-electron chi connectivity index (χ0n) is 14.5. The van der Waals surface area contributed by atoms with Gasteiger partial charge in [0.25, 0.3) is 0 Å². The van der Waals surface area contributed by atoms with Gasteiger partial charge in [0.1, 0.15) is 12.4 Å². The van der Waals surface area contributed by atoms with Crippen molar-refractivity contribution in [3.63, 3.8) is 0 Å². The number of likely N-dealkylation sites (tertiary alicyclic amines) is 1.